The van der Waals surface area contributed by atoms with Crippen LogP contribution in [0.5, 0.6) is 0 Å². The van der Waals surface area contributed by atoms with Crippen molar-refractivity contribution in [3.8, 4) is 0 Å². The second-order valence-electron chi connectivity index (χ2n) is 9.80. The van der Waals surface area contributed by atoms with E-state index in [0.29, 0.717) is 17.2 Å². The molecule has 0 aliphatic rings. The second kappa shape index (κ2) is 9.90. The number of rotatable bonds is 7. The fourth-order valence-corrected chi connectivity index (χ4v) is 5.00. The number of halogens is 3. The van der Waals surface area contributed by atoms with Crippen molar-refractivity contribution in [2.45, 2.75) is 65.4 Å². The summed E-state index contributed by atoms with van der Waals surface area (Å²) < 4.78 is 40.3. The largest absolute Gasteiger partial charge is 0.416 e. The molecule has 2 aromatic carbocycles. The molecule has 2 atom stereocenters. The molecular formula is C26H34F3N4OP. The Labute approximate surface area is 206 Å². The van der Waals surface area contributed by atoms with Gasteiger partial charge in [0.05, 0.1) is 28.8 Å². The van der Waals surface area contributed by atoms with Crippen LogP contribution in [-0.4, -0.2) is 40.0 Å². The summed E-state index contributed by atoms with van der Waals surface area (Å²) in [6.07, 6.45) is -4.41. The van der Waals surface area contributed by atoms with Crippen LogP contribution in [0.25, 0.3) is 10.9 Å². The molecule has 0 radical (unpaired) electrons. The van der Waals surface area contributed by atoms with Crippen molar-refractivity contribution in [3.63, 3.8) is 0 Å². The van der Waals surface area contributed by atoms with Gasteiger partial charge >= 0.3 is 6.18 Å². The smallest absolute Gasteiger partial charge is 0.388 e. The monoisotopic (exact) mass is 506 g/mol. The van der Waals surface area contributed by atoms with Gasteiger partial charge in [-0.2, -0.15) is 13.2 Å². The number of benzene rings is 2. The Morgan fingerprint density at radius 3 is 2.23 bits per heavy atom. The summed E-state index contributed by atoms with van der Waals surface area (Å²) in [5.41, 5.74) is 0.855. The van der Waals surface area contributed by atoms with Crippen molar-refractivity contribution in [1.82, 2.24) is 9.97 Å². The number of nitrogens with one attached hydrogen (secondary N) is 2. The lowest BCUT2D eigenvalue weighted by molar-refractivity contribution is -0.138. The third kappa shape index (κ3) is 6.04. The average molecular weight is 507 g/mol. The van der Waals surface area contributed by atoms with Gasteiger partial charge in [0.2, 0.25) is 0 Å². The van der Waals surface area contributed by atoms with E-state index in [1.807, 2.05) is 26.0 Å². The van der Waals surface area contributed by atoms with E-state index >= 15 is 0 Å². The first-order valence-corrected chi connectivity index (χ1v) is 13.7. The lowest BCUT2D eigenvalue weighted by Crippen LogP contribution is -2.40. The van der Waals surface area contributed by atoms with E-state index in [-0.39, 0.29) is 11.6 Å². The predicted molar refractivity (Wildman–Crippen MR) is 140 cm³/mol. The van der Waals surface area contributed by atoms with Crippen molar-refractivity contribution in [1.29, 1.82) is 0 Å². The third-order valence-corrected chi connectivity index (χ3v) is 7.67. The molecule has 0 spiro atoms. The molecule has 1 heterocycles. The third-order valence-electron chi connectivity index (χ3n) is 6.34. The van der Waals surface area contributed by atoms with Gasteiger partial charge in [0.25, 0.3) is 0 Å². The van der Waals surface area contributed by atoms with Crippen molar-refractivity contribution in [2.75, 3.05) is 24.0 Å². The molecule has 1 unspecified atom stereocenters. The maximum absolute atomic E-state index is 13.4. The Kier molecular flexibility index (Phi) is 7.68. The average Bonchev–Trinajstić information content (AvgIpc) is 2.71. The lowest BCUT2D eigenvalue weighted by Gasteiger charge is -2.29. The van der Waals surface area contributed by atoms with Gasteiger partial charge in [-0.15, -0.1) is 0 Å². The number of anilines is 2. The first-order valence-electron chi connectivity index (χ1n) is 11.5. The van der Waals surface area contributed by atoms with E-state index in [1.165, 1.54) is 13.0 Å². The molecule has 190 valence electrons. The van der Waals surface area contributed by atoms with E-state index in [2.05, 4.69) is 33.9 Å². The Bertz CT molecular complexity index is 1220. The van der Waals surface area contributed by atoms with Crippen molar-refractivity contribution in [3.05, 3.63) is 52.8 Å². The number of hydrogen-bond acceptors (Lipinski definition) is 5. The molecule has 3 N–H and O–H groups in total. The molecule has 0 amide bonds. The fraction of sp³-hybridized carbons (Fsp3) is 0.462. The quantitative estimate of drug-likeness (QED) is 0.325. The SMILES string of the molecule is Cc1nc(N[C@H](C)c2cccc(C(F)(F)F)c2C)c2cc(P(C)C)c(NC(C)C(C)(C)O)cc2n1. The van der Waals surface area contributed by atoms with Gasteiger partial charge in [-0.05, 0) is 89.5 Å². The zero-order chi connectivity index (χ0) is 26.3. The number of aliphatic hydroxyl groups is 1. The first-order chi connectivity index (χ1) is 16.1. The highest BCUT2D eigenvalue weighted by atomic mass is 31.1. The molecule has 0 aliphatic carbocycles. The number of aromatic nitrogens is 2. The van der Waals surface area contributed by atoms with Crippen LogP contribution in [0, 0.1) is 13.8 Å². The Balaban J connectivity index is 2.08. The zero-order valence-electron chi connectivity index (χ0n) is 21.5. The molecule has 35 heavy (non-hydrogen) atoms. The van der Waals surface area contributed by atoms with Gasteiger partial charge in [0, 0.05) is 11.1 Å². The number of alkyl halides is 3. The van der Waals surface area contributed by atoms with E-state index < -0.39 is 31.3 Å². The maximum atomic E-state index is 13.4. The molecular weight excluding hydrogens is 472 g/mol. The van der Waals surface area contributed by atoms with Crippen LogP contribution < -0.4 is 15.9 Å². The Hall–Kier alpha value is -2.44. The van der Waals surface area contributed by atoms with Crippen LogP contribution >= 0.6 is 7.92 Å². The van der Waals surface area contributed by atoms with E-state index in [4.69, 9.17) is 0 Å². The summed E-state index contributed by atoms with van der Waals surface area (Å²) in [4.78, 5) is 9.22. The minimum atomic E-state index is -4.41. The number of hydrogen-bond donors (Lipinski definition) is 3. The summed E-state index contributed by atoms with van der Waals surface area (Å²) in [6, 6.07) is 7.67. The standard InChI is InChI=1S/C26H34F3N4OP/c1-14-18(10-9-11-20(14)26(27,28)29)15(2)30-24-19-12-23(35(7)8)22(31-16(3)25(5,6)34)13-21(19)32-17(4)33-24/h9-13,15-16,31,34H,1-8H3,(H,30,32,33)/t15-,16?/m1/s1. The molecule has 0 saturated heterocycles. The lowest BCUT2D eigenvalue weighted by atomic mass is 9.97. The summed E-state index contributed by atoms with van der Waals surface area (Å²) in [5, 5.41) is 19.1. The summed E-state index contributed by atoms with van der Waals surface area (Å²) >= 11 is 0. The maximum Gasteiger partial charge on any atom is 0.416 e. The second-order valence-corrected chi connectivity index (χ2v) is 12.1. The molecule has 3 rings (SSSR count). The summed E-state index contributed by atoms with van der Waals surface area (Å²) in [7, 11) is -0.515. The van der Waals surface area contributed by atoms with Gasteiger partial charge in [-0.1, -0.05) is 20.1 Å². The molecule has 0 saturated carbocycles. The molecule has 0 fully saturated rings. The van der Waals surface area contributed by atoms with Crippen LogP contribution in [0.3, 0.4) is 0 Å². The molecule has 0 aliphatic heterocycles. The van der Waals surface area contributed by atoms with Crippen LogP contribution in [0.1, 0.15) is 56.3 Å². The van der Waals surface area contributed by atoms with Crippen LogP contribution in [0.15, 0.2) is 30.3 Å². The van der Waals surface area contributed by atoms with Crippen LogP contribution in [-0.2, 0) is 6.18 Å². The predicted octanol–water partition coefficient (Wildman–Crippen LogP) is 6.38. The van der Waals surface area contributed by atoms with Crippen LogP contribution in [0.4, 0.5) is 24.7 Å². The number of aryl methyl sites for hydroxylation is 1. The van der Waals surface area contributed by atoms with Gasteiger partial charge in [-0.25, -0.2) is 9.97 Å². The minimum Gasteiger partial charge on any atom is -0.388 e. The topological polar surface area (TPSA) is 70.1 Å². The van der Waals surface area contributed by atoms with E-state index in [0.717, 1.165) is 28.0 Å². The zero-order valence-corrected chi connectivity index (χ0v) is 22.4. The Morgan fingerprint density at radius 1 is 1.00 bits per heavy atom. The molecule has 9 heteroatoms. The highest BCUT2D eigenvalue weighted by Crippen LogP contribution is 2.37. The highest BCUT2D eigenvalue weighted by Gasteiger charge is 2.33. The van der Waals surface area contributed by atoms with E-state index in [9.17, 15) is 18.3 Å². The summed E-state index contributed by atoms with van der Waals surface area (Å²) in [6.45, 7) is 14.9. The van der Waals surface area contributed by atoms with Gasteiger partial charge in [0.15, 0.2) is 0 Å². The van der Waals surface area contributed by atoms with Crippen LogP contribution in [0.2, 0.25) is 0 Å². The molecule has 3 aromatic rings. The summed E-state index contributed by atoms with van der Waals surface area (Å²) in [5.74, 6) is 1.13. The van der Waals surface area contributed by atoms with Crippen molar-refractivity contribution < 1.29 is 18.3 Å². The molecule has 5 nitrogen and oxygen atoms in total. The van der Waals surface area contributed by atoms with E-state index in [1.54, 1.807) is 26.8 Å². The van der Waals surface area contributed by atoms with Crippen molar-refractivity contribution >= 4 is 35.6 Å². The molecule has 1 aromatic heterocycles. The fourth-order valence-electron chi connectivity index (χ4n) is 4.00. The number of fused-ring (bicyclic) bond motifs is 1. The van der Waals surface area contributed by atoms with Gasteiger partial charge in [0.1, 0.15) is 11.6 Å². The Morgan fingerprint density at radius 2 is 1.66 bits per heavy atom. The normalized spacial score (nSPS) is 14.3. The highest BCUT2D eigenvalue weighted by molar-refractivity contribution is 7.64. The minimum absolute atomic E-state index is 0.196. The molecule has 0 bridgehead atoms. The van der Waals surface area contributed by atoms with Crippen molar-refractivity contribution in [2.24, 2.45) is 0 Å². The van der Waals surface area contributed by atoms with Gasteiger partial charge < -0.3 is 15.7 Å². The first kappa shape index (κ1) is 27.2. The number of nitrogens with zero attached hydrogens (tertiary/aromatic N) is 2. The van der Waals surface area contributed by atoms with Gasteiger partial charge in [-0.3, -0.25) is 0 Å².